The van der Waals surface area contributed by atoms with E-state index in [4.69, 9.17) is 11.6 Å². The highest BCUT2D eigenvalue weighted by Crippen LogP contribution is 2.25. The average molecular weight is 444 g/mol. The summed E-state index contributed by atoms with van der Waals surface area (Å²) in [5, 5.41) is 7.09. The Bertz CT molecular complexity index is 1360. The van der Waals surface area contributed by atoms with Gasteiger partial charge in [-0.15, -0.1) is 0 Å². The summed E-state index contributed by atoms with van der Waals surface area (Å²) in [5.41, 5.74) is 1.18. The molecule has 0 aliphatic carbocycles. The van der Waals surface area contributed by atoms with Gasteiger partial charge in [0.2, 0.25) is 0 Å². The Kier molecular flexibility index (Phi) is 5.05. The topological polar surface area (TPSA) is 81.1 Å². The summed E-state index contributed by atoms with van der Waals surface area (Å²) in [4.78, 5) is 12.6. The highest BCUT2D eigenvalue weighted by molar-refractivity contribution is 7.90. The number of nitrogens with zero attached hydrogens (tertiary/aromatic N) is 2. The molecule has 4 rings (SSSR count). The van der Waals surface area contributed by atoms with Gasteiger partial charge in [-0.25, -0.2) is 4.39 Å². The maximum atomic E-state index is 14.0. The number of nitrogens with one attached hydrogen (secondary N) is 1. The second-order valence-electron chi connectivity index (χ2n) is 6.63. The molecule has 30 heavy (non-hydrogen) atoms. The van der Waals surface area contributed by atoms with Gasteiger partial charge >= 0.3 is 0 Å². The predicted molar refractivity (Wildman–Crippen MR) is 113 cm³/mol. The Hall–Kier alpha value is -3.23. The number of hydrogen-bond acceptors (Lipinski definition) is 4. The molecule has 152 valence electrons. The predicted octanol–water partition coefficient (Wildman–Crippen LogP) is 4.63. The molecule has 0 radical (unpaired) electrons. The smallest absolute Gasteiger partial charge is 0.283 e. The number of halogens is 2. The summed E-state index contributed by atoms with van der Waals surface area (Å²) in [5.74, 6) is -1.50. The Balaban J connectivity index is 1.73. The molecule has 0 atom stereocenters. The number of anilines is 1. The van der Waals surface area contributed by atoms with E-state index in [-0.39, 0.29) is 26.7 Å². The van der Waals surface area contributed by atoms with E-state index in [1.54, 1.807) is 24.3 Å². The molecule has 0 saturated heterocycles. The molecule has 0 unspecified atom stereocenters. The summed E-state index contributed by atoms with van der Waals surface area (Å²) < 4.78 is 40.9. The van der Waals surface area contributed by atoms with E-state index in [2.05, 4.69) is 10.4 Å². The van der Waals surface area contributed by atoms with Crippen LogP contribution in [0.5, 0.6) is 0 Å². The molecule has 1 amide bonds. The first-order valence-electron chi connectivity index (χ1n) is 8.83. The minimum Gasteiger partial charge on any atom is -0.322 e. The molecule has 4 aromatic rings. The van der Waals surface area contributed by atoms with Crippen LogP contribution in [0.3, 0.4) is 0 Å². The molecule has 0 bridgehead atoms. The van der Waals surface area contributed by atoms with Crippen molar-refractivity contribution in [3.05, 3.63) is 88.8 Å². The lowest BCUT2D eigenvalue weighted by Gasteiger charge is -2.09. The van der Waals surface area contributed by atoms with Gasteiger partial charge in [-0.3, -0.25) is 4.79 Å². The van der Waals surface area contributed by atoms with Gasteiger partial charge in [0.05, 0.1) is 27.2 Å². The van der Waals surface area contributed by atoms with Crippen LogP contribution < -0.4 is 5.32 Å². The van der Waals surface area contributed by atoms with Gasteiger partial charge in [-0.1, -0.05) is 35.4 Å². The number of aryl methyl sites for hydroxylation is 1. The maximum Gasteiger partial charge on any atom is 0.283 e. The van der Waals surface area contributed by atoms with Gasteiger partial charge in [0, 0.05) is 11.1 Å². The molecule has 0 fully saturated rings. The number of carbonyl (C=O) groups excluding carboxylic acids is 1. The summed E-state index contributed by atoms with van der Waals surface area (Å²) in [6.07, 6.45) is 1.42. The third-order valence-electron chi connectivity index (χ3n) is 4.53. The Morgan fingerprint density at radius 3 is 2.53 bits per heavy atom. The Morgan fingerprint density at radius 1 is 1.10 bits per heavy atom. The van der Waals surface area contributed by atoms with Gasteiger partial charge < -0.3 is 5.32 Å². The van der Waals surface area contributed by atoms with E-state index in [1.165, 1.54) is 36.5 Å². The van der Waals surface area contributed by atoms with Crippen molar-refractivity contribution in [1.82, 2.24) is 9.19 Å². The lowest BCUT2D eigenvalue weighted by molar-refractivity contribution is 0.102. The molecule has 0 spiro atoms. The van der Waals surface area contributed by atoms with Crippen molar-refractivity contribution in [2.75, 3.05) is 5.32 Å². The van der Waals surface area contributed by atoms with Crippen molar-refractivity contribution in [1.29, 1.82) is 0 Å². The largest absolute Gasteiger partial charge is 0.322 e. The van der Waals surface area contributed by atoms with E-state index in [0.29, 0.717) is 5.39 Å². The Morgan fingerprint density at radius 2 is 1.83 bits per heavy atom. The fourth-order valence-electron chi connectivity index (χ4n) is 2.98. The van der Waals surface area contributed by atoms with Crippen LogP contribution in [0.25, 0.3) is 10.9 Å². The zero-order valence-corrected chi connectivity index (χ0v) is 17.2. The average Bonchev–Trinajstić information content (AvgIpc) is 3.12. The molecule has 6 nitrogen and oxygen atoms in total. The molecule has 0 saturated carbocycles. The van der Waals surface area contributed by atoms with E-state index >= 15 is 0 Å². The van der Waals surface area contributed by atoms with Crippen molar-refractivity contribution >= 4 is 44.1 Å². The van der Waals surface area contributed by atoms with Crippen LogP contribution in [0.4, 0.5) is 10.1 Å². The normalized spacial score (nSPS) is 11.6. The van der Waals surface area contributed by atoms with Crippen LogP contribution >= 0.6 is 11.6 Å². The van der Waals surface area contributed by atoms with Crippen LogP contribution in [-0.2, 0) is 10.0 Å². The first-order valence-corrected chi connectivity index (χ1v) is 10.6. The second kappa shape index (κ2) is 7.55. The van der Waals surface area contributed by atoms with Crippen LogP contribution in [-0.4, -0.2) is 23.5 Å². The molecule has 3 aromatic carbocycles. The SMILES string of the molecule is Cc1ccc(S(=O)(=O)n2ncc3ccc(NC(=O)c4c(F)cccc4Cl)cc32)cc1. The minimum atomic E-state index is -3.94. The summed E-state index contributed by atoms with van der Waals surface area (Å²) in [6.45, 7) is 1.86. The van der Waals surface area contributed by atoms with Gasteiger partial charge in [0.25, 0.3) is 15.9 Å². The highest BCUT2D eigenvalue weighted by Gasteiger charge is 2.21. The highest BCUT2D eigenvalue weighted by atomic mass is 35.5. The van der Waals surface area contributed by atoms with E-state index in [9.17, 15) is 17.6 Å². The fourth-order valence-corrected chi connectivity index (χ4v) is 4.50. The second-order valence-corrected chi connectivity index (χ2v) is 8.80. The number of rotatable bonds is 4. The molecule has 9 heteroatoms. The van der Waals surface area contributed by atoms with Gasteiger partial charge in [-0.05, 0) is 49.4 Å². The van der Waals surface area contributed by atoms with Gasteiger partial charge in [0.15, 0.2) is 0 Å². The van der Waals surface area contributed by atoms with E-state index < -0.39 is 21.7 Å². The Labute approximate surface area is 177 Å². The number of amides is 1. The van der Waals surface area contributed by atoms with Crippen molar-refractivity contribution < 1.29 is 17.6 Å². The number of benzene rings is 3. The lowest BCUT2D eigenvalue weighted by Crippen LogP contribution is -2.16. The molecule has 0 aliphatic rings. The fraction of sp³-hybridized carbons (Fsp3) is 0.0476. The van der Waals surface area contributed by atoms with Crippen molar-refractivity contribution in [3.63, 3.8) is 0 Å². The van der Waals surface area contributed by atoms with Crippen LogP contribution in [0.2, 0.25) is 5.02 Å². The molecule has 1 N–H and O–H groups in total. The first kappa shape index (κ1) is 20.1. The van der Waals surface area contributed by atoms with Crippen molar-refractivity contribution in [2.24, 2.45) is 0 Å². The zero-order valence-electron chi connectivity index (χ0n) is 15.6. The van der Waals surface area contributed by atoms with Gasteiger partial charge in [-0.2, -0.15) is 17.6 Å². The standard InChI is InChI=1S/C21H15ClFN3O3S/c1-13-5-9-16(10-6-13)30(28,29)26-19-11-15(8-7-14(19)12-24-26)25-21(27)20-17(22)3-2-4-18(20)23/h2-12H,1H3,(H,25,27). The molecular formula is C21H15ClFN3O3S. The van der Waals surface area contributed by atoms with Crippen LogP contribution in [0.15, 0.2) is 71.8 Å². The summed E-state index contributed by atoms with van der Waals surface area (Å²) >= 11 is 5.94. The third-order valence-corrected chi connectivity index (χ3v) is 6.46. The minimum absolute atomic E-state index is 0.0273. The lowest BCUT2D eigenvalue weighted by atomic mass is 10.2. The van der Waals surface area contributed by atoms with Crippen molar-refractivity contribution in [3.8, 4) is 0 Å². The van der Waals surface area contributed by atoms with E-state index in [1.807, 2.05) is 6.92 Å². The number of hydrogen-bond donors (Lipinski definition) is 1. The van der Waals surface area contributed by atoms with E-state index in [0.717, 1.165) is 15.7 Å². The van der Waals surface area contributed by atoms with Crippen LogP contribution in [0, 0.1) is 12.7 Å². The molecule has 1 aromatic heterocycles. The number of fused-ring (bicyclic) bond motifs is 1. The number of aromatic nitrogens is 2. The quantitative estimate of drug-likeness (QED) is 0.498. The maximum absolute atomic E-state index is 14.0. The van der Waals surface area contributed by atoms with Crippen molar-refractivity contribution in [2.45, 2.75) is 11.8 Å². The monoisotopic (exact) mass is 443 g/mol. The molecular weight excluding hydrogens is 429 g/mol. The van der Waals surface area contributed by atoms with Gasteiger partial charge in [0.1, 0.15) is 5.82 Å². The number of carbonyl (C=O) groups is 1. The third kappa shape index (κ3) is 3.55. The molecule has 1 heterocycles. The summed E-state index contributed by atoms with van der Waals surface area (Å²) in [6, 6.07) is 15.0. The first-order chi connectivity index (χ1) is 14.3. The van der Waals surface area contributed by atoms with Crippen LogP contribution in [0.1, 0.15) is 15.9 Å². The summed E-state index contributed by atoms with van der Waals surface area (Å²) in [7, 11) is -3.94. The zero-order chi connectivity index (χ0) is 21.5. The molecule has 0 aliphatic heterocycles.